The number of rotatable bonds is 3. The van der Waals surface area contributed by atoms with E-state index in [0.717, 1.165) is 5.56 Å². The Labute approximate surface area is 194 Å². The number of anilines is 1. The summed E-state index contributed by atoms with van der Waals surface area (Å²) >= 11 is 5.96. The number of aromatic nitrogens is 5. The van der Waals surface area contributed by atoms with Crippen molar-refractivity contribution in [2.24, 2.45) is 7.05 Å². The highest BCUT2D eigenvalue weighted by atomic mass is 35.5. The standard InChI is InChI=1S/C23H22ClFN6O2/c1-13-14(2)27-22-21(17-5-4-16(24)8-18(17)25)28-20(12-31(22)23(13)32)30-6-7-33-19(11-30)15-9-26-29(3)10-15/h4-5,8-10,12,19H,6-7,11H2,1-3H3/t19-/m1/s1. The average Bonchev–Trinajstić information content (AvgIpc) is 3.24. The molecular weight excluding hydrogens is 447 g/mol. The van der Waals surface area contributed by atoms with Crippen molar-refractivity contribution >= 4 is 23.1 Å². The van der Waals surface area contributed by atoms with Crippen molar-refractivity contribution in [3.63, 3.8) is 0 Å². The number of nitrogens with zero attached hydrogens (tertiary/aromatic N) is 6. The van der Waals surface area contributed by atoms with Gasteiger partial charge in [-0.25, -0.2) is 14.4 Å². The van der Waals surface area contributed by atoms with E-state index in [1.54, 1.807) is 43.1 Å². The van der Waals surface area contributed by atoms with Gasteiger partial charge in [0, 0.05) is 47.2 Å². The Balaban J connectivity index is 1.67. The molecule has 170 valence electrons. The fraction of sp³-hybridized carbons (Fsp3) is 0.304. The summed E-state index contributed by atoms with van der Waals surface area (Å²) in [6.45, 7) is 5.05. The minimum absolute atomic E-state index is 0.199. The second kappa shape index (κ2) is 8.24. The number of aryl methyl sites for hydroxylation is 2. The maximum atomic E-state index is 14.9. The molecule has 1 aliphatic rings. The largest absolute Gasteiger partial charge is 0.370 e. The Bertz CT molecular complexity index is 1430. The van der Waals surface area contributed by atoms with Crippen LogP contribution in [0.3, 0.4) is 0 Å². The number of hydrogen-bond donors (Lipinski definition) is 0. The van der Waals surface area contributed by atoms with Crippen molar-refractivity contribution in [3.8, 4) is 11.3 Å². The zero-order valence-electron chi connectivity index (χ0n) is 18.4. The lowest BCUT2D eigenvalue weighted by Gasteiger charge is -2.33. The van der Waals surface area contributed by atoms with E-state index in [0.29, 0.717) is 42.4 Å². The number of halogens is 2. The monoisotopic (exact) mass is 468 g/mol. The second-order valence-corrected chi connectivity index (χ2v) is 8.58. The van der Waals surface area contributed by atoms with Gasteiger partial charge in [-0.15, -0.1) is 0 Å². The van der Waals surface area contributed by atoms with E-state index in [1.807, 2.05) is 18.1 Å². The predicted octanol–water partition coefficient (Wildman–Crippen LogP) is 3.48. The molecule has 0 aliphatic carbocycles. The molecule has 4 heterocycles. The molecule has 5 rings (SSSR count). The van der Waals surface area contributed by atoms with E-state index in [1.165, 1.54) is 10.5 Å². The van der Waals surface area contributed by atoms with Gasteiger partial charge in [-0.05, 0) is 32.0 Å². The molecule has 0 unspecified atom stereocenters. The molecule has 0 saturated carbocycles. The second-order valence-electron chi connectivity index (χ2n) is 8.15. The molecule has 0 radical (unpaired) electrons. The molecule has 3 aromatic heterocycles. The fourth-order valence-corrected chi connectivity index (χ4v) is 4.16. The van der Waals surface area contributed by atoms with Gasteiger partial charge in [-0.3, -0.25) is 13.9 Å². The van der Waals surface area contributed by atoms with Crippen LogP contribution >= 0.6 is 11.6 Å². The first-order valence-corrected chi connectivity index (χ1v) is 10.9. The van der Waals surface area contributed by atoms with Crippen molar-refractivity contribution < 1.29 is 9.13 Å². The van der Waals surface area contributed by atoms with Gasteiger partial charge < -0.3 is 9.64 Å². The van der Waals surface area contributed by atoms with Crippen molar-refractivity contribution in [3.05, 3.63) is 74.8 Å². The average molecular weight is 469 g/mol. The molecule has 1 aliphatic heterocycles. The van der Waals surface area contributed by atoms with Crippen molar-refractivity contribution in [1.82, 2.24) is 24.1 Å². The van der Waals surface area contributed by atoms with Gasteiger partial charge in [-0.1, -0.05) is 11.6 Å². The molecule has 0 amide bonds. The number of ether oxygens (including phenoxy) is 1. The van der Waals surface area contributed by atoms with Gasteiger partial charge in [0.05, 0.1) is 25.5 Å². The summed E-state index contributed by atoms with van der Waals surface area (Å²) in [5.41, 5.74) is 2.66. The first-order chi connectivity index (χ1) is 15.8. The molecule has 1 atom stereocenters. The van der Waals surface area contributed by atoms with Gasteiger partial charge >= 0.3 is 0 Å². The number of morpholine rings is 1. The molecule has 1 aromatic carbocycles. The van der Waals surface area contributed by atoms with Crippen molar-refractivity contribution in [1.29, 1.82) is 0 Å². The summed E-state index contributed by atoms with van der Waals surface area (Å²) in [5, 5.41) is 4.51. The summed E-state index contributed by atoms with van der Waals surface area (Å²) < 4.78 is 24.0. The van der Waals surface area contributed by atoms with Crippen molar-refractivity contribution in [2.45, 2.75) is 20.0 Å². The van der Waals surface area contributed by atoms with Crippen LogP contribution < -0.4 is 10.5 Å². The van der Waals surface area contributed by atoms with Crippen LogP contribution in [0.4, 0.5) is 10.2 Å². The van der Waals surface area contributed by atoms with Crippen LogP contribution in [0.2, 0.25) is 5.02 Å². The minimum atomic E-state index is -0.531. The van der Waals surface area contributed by atoms with Gasteiger partial charge in [0.2, 0.25) is 0 Å². The van der Waals surface area contributed by atoms with E-state index in [-0.39, 0.29) is 27.9 Å². The molecule has 1 fully saturated rings. The van der Waals surface area contributed by atoms with E-state index in [4.69, 9.17) is 21.3 Å². The quantitative estimate of drug-likeness (QED) is 0.458. The number of hydrogen-bond acceptors (Lipinski definition) is 6. The molecule has 33 heavy (non-hydrogen) atoms. The summed E-state index contributed by atoms with van der Waals surface area (Å²) in [6.07, 6.45) is 5.16. The van der Waals surface area contributed by atoms with Crippen LogP contribution in [-0.2, 0) is 11.8 Å². The Morgan fingerprint density at radius 3 is 2.76 bits per heavy atom. The third-order valence-corrected chi connectivity index (χ3v) is 6.18. The highest BCUT2D eigenvalue weighted by Gasteiger charge is 2.26. The summed E-state index contributed by atoms with van der Waals surface area (Å²) in [6, 6.07) is 4.38. The summed E-state index contributed by atoms with van der Waals surface area (Å²) in [7, 11) is 1.85. The predicted molar refractivity (Wildman–Crippen MR) is 123 cm³/mol. The number of fused-ring (bicyclic) bond motifs is 1. The van der Waals surface area contributed by atoms with Crippen LogP contribution in [0.5, 0.6) is 0 Å². The molecule has 10 heteroatoms. The molecule has 1 saturated heterocycles. The maximum absolute atomic E-state index is 14.9. The van der Waals surface area contributed by atoms with Gasteiger partial charge in [-0.2, -0.15) is 5.10 Å². The van der Waals surface area contributed by atoms with E-state index in [2.05, 4.69) is 10.1 Å². The van der Waals surface area contributed by atoms with Crippen LogP contribution in [0.15, 0.2) is 41.6 Å². The smallest absolute Gasteiger partial charge is 0.261 e. The minimum Gasteiger partial charge on any atom is -0.370 e. The van der Waals surface area contributed by atoms with Crippen LogP contribution in [0.1, 0.15) is 22.9 Å². The van der Waals surface area contributed by atoms with E-state index < -0.39 is 5.82 Å². The molecular formula is C23H22ClFN6O2. The Hall–Kier alpha value is -3.30. The van der Waals surface area contributed by atoms with E-state index >= 15 is 0 Å². The van der Waals surface area contributed by atoms with Gasteiger partial charge in [0.25, 0.3) is 5.56 Å². The Kier molecular flexibility index (Phi) is 5.38. The lowest BCUT2D eigenvalue weighted by Crippen LogP contribution is -2.39. The first-order valence-electron chi connectivity index (χ1n) is 10.5. The highest BCUT2D eigenvalue weighted by Crippen LogP contribution is 2.30. The SMILES string of the molecule is Cc1nc2c(-c3ccc(Cl)cc3F)nc(N3CCO[C@@H](c4cnn(C)c4)C3)cn2c(=O)c1C. The van der Waals surface area contributed by atoms with Crippen molar-refractivity contribution in [2.75, 3.05) is 24.6 Å². The normalized spacial score (nSPS) is 16.5. The molecule has 8 nitrogen and oxygen atoms in total. The summed E-state index contributed by atoms with van der Waals surface area (Å²) in [5.74, 6) is 0.00735. The summed E-state index contributed by atoms with van der Waals surface area (Å²) in [4.78, 5) is 24.5. The maximum Gasteiger partial charge on any atom is 0.261 e. The lowest BCUT2D eigenvalue weighted by atomic mass is 10.1. The third kappa shape index (κ3) is 3.87. The Morgan fingerprint density at radius 2 is 2.03 bits per heavy atom. The van der Waals surface area contributed by atoms with Crippen LogP contribution in [0.25, 0.3) is 16.9 Å². The topological polar surface area (TPSA) is 77.6 Å². The zero-order chi connectivity index (χ0) is 23.3. The molecule has 0 bridgehead atoms. The van der Waals surface area contributed by atoms with Gasteiger partial charge in [0.1, 0.15) is 23.4 Å². The van der Waals surface area contributed by atoms with Crippen LogP contribution in [0, 0.1) is 19.7 Å². The third-order valence-electron chi connectivity index (χ3n) is 5.94. The molecule has 0 spiro atoms. The fourth-order valence-electron chi connectivity index (χ4n) is 4.00. The Morgan fingerprint density at radius 1 is 1.21 bits per heavy atom. The van der Waals surface area contributed by atoms with E-state index in [9.17, 15) is 9.18 Å². The molecule has 0 N–H and O–H groups in total. The number of benzene rings is 1. The van der Waals surface area contributed by atoms with Gasteiger partial charge in [0.15, 0.2) is 5.65 Å². The highest BCUT2D eigenvalue weighted by molar-refractivity contribution is 6.30. The lowest BCUT2D eigenvalue weighted by molar-refractivity contribution is 0.0394. The first kappa shape index (κ1) is 21.5. The molecule has 4 aromatic rings. The van der Waals surface area contributed by atoms with Crippen LogP contribution in [-0.4, -0.2) is 43.8 Å². The zero-order valence-corrected chi connectivity index (χ0v) is 19.2.